The summed E-state index contributed by atoms with van der Waals surface area (Å²) in [6.45, 7) is 21.4. The van der Waals surface area contributed by atoms with Crippen molar-refractivity contribution in [3.05, 3.63) is 12.2 Å². The molecule has 0 radical (unpaired) electrons. The van der Waals surface area contributed by atoms with Crippen LogP contribution in [0.4, 0.5) is 0 Å². The SMILES string of the molecule is CC(C)(C)CC(C)(C)CC/C=C\CCC(C)(C)CC(C)(C)CBr. The molecule has 0 aliphatic carbocycles. The van der Waals surface area contributed by atoms with E-state index in [9.17, 15) is 0 Å². The summed E-state index contributed by atoms with van der Waals surface area (Å²) in [4.78, 5) is 0. The molecule has 0 aromatic rings. The van der Waals surface area contributed by atoms with Crippen LogP contribution in [0.5, 0.6) is 0 Å². The van der Waals surface area contributed by atoms with Crippen LogP contribution >= 0.6 is 15.9 Å². The minimum atomic E-state index is 0.393. The Bertz CT molecular complexity index is 353. The maximum atomic E-state index is 3.65. The molecule has 0 spiro atoms. The van der Waals surface area contributed by atoms with Gasteiger partial charge in [0, 0.05) is 5.33 Å². The summed E-state index contributed by atoms with van der Waals surface area (Å²) in [7, 11) is 0. The van der Waals surface area contributed by atoms with Gasteiger partial charge in [-0.3, -0.25) is 0 Å². The van der Waals surface area contributed by atoms with Crippen molar-refractivity contribution in [1.29, 1.82) is 0 Å². The minimum absolute atomic E-state index is 0.393. The summed E-state index contributed by atoms with van der Waals surface area (Å²) in [5, 5.41) is 1.09. The molecule has 0 fully saturated rings. The Labute approximate surface area is 156 Å². The van der Waals surface area contributed by atoms with Crippen LogP contribution in [-0.4, -0.2) is 5.33 Å². The van der Waals surface area contributed by atoms with Crippen molar-refractivity contribution in [3.63, 3.8) is 0 Å². The maximum Gasteiger partial charge on any atom is 0.00828 e. The molecule has 0 atom stereocenters. The molecule has 0 amide bonds. The van der Waals surface area contributed by atoms with Crippen LogP contribution < -0.4 is 0 Å². The smallest absolute Gasteiger partial charge is 0.00828 e. The molecule has 0 aromatic carbocycles. The third-order valence-electron chi connectivity index (χ3n) is 4.47. The molecule has 0 heterocycles. The summed E-state index contributed by atoms with van der Waals surface area (Å²) in [5.74, 6) is 0. The van der Waals surface area contributed by atoms with E-state index in [2.05, 4.69) is 90.4 Å². The number of allylic oxidation sites excluding steroid dienone is 2. The van der Waals surface area contributed by atoms with E-state index in [1.165, 1.54) is 38.5 Å². The van der Waals surface area contributed by atoms with Crippen LogP contribution in [-0.2, 0) is 0 Å². The Morgan fingerprint density at radius 1 is 0.609 bits per heavy atom. The topological polar surface area (TPSA) is 0 Å². The van der Waals surface area contributed by atoms with Crippen molar-refractivity contribution in [2.45, 2.75) is 101 Å². The summed E-state index contributed by atoms with van der Waals surface area (Å²) in [5.41, 5.74) is 1.69. The van der Waals surface area contributed by atoms with Crippen molar-refractivity contribution < 1.29 is 0 Å². The Morgan fingerprint density at radius 2 is 1.00 bits per heavy atom. The van der Waals surface area contributed by atoms with E-state index in [1.54, 1.807) is 0 Å². The van der Waals surface area contributed by atoms with E-state index in [0.717, 1.165) is 5.33 Å². The average Bonchev–Trinajstić information content (AvgIpc) is 2.29. The van der Waals surface area contributed by atoms with Gasteiger partial charge in [-0.1, -0.05) is 90.4 Å². The van der Waals surface area contributed by atoms with Gasteiger partial charge in [-0.2, -0.15) is 0 Å². The highest BCUT2D eigenvalue weighted by Gasteiger charge is 2.27. The van der Waals surface area contributed by atoms with Gasteiger partial charge >= 0.3 is 0 Å². The van der Waals surface area contributed by atoms with Crippen molar-refractivity contribution in [2.75, 3.05) is 5.33 Å². The van der Waals surface area contributed by atoms with Crippen molar-refractivity contribution in [3.8, 4) is 0 Å². The number of halogens is 1. The van der Waals surface area contributed by atoms with Gasteiger partial charge in [0.2, 0.25) is 0 Å². The van der Waals surface area contributed by atoms with Gasteiger partial charge in [0.15, 0.2) is 0 Å². The van der Waals surface area contributed by atoms with Crippen LogP contribution in [0.3, 0.4) is 0 Å². The van der Waals surface area contributed by atoms with Crippen molar-refractivity contribution in [2.24, 2.45) is 21.7 Å². The molecule has 0 nitrogen and oxygen atoms in total. The first kappa shape index (κ1) is 23.2. The summed E-state index contributed by atoms with van der Waals surface area (Å²) >= 11 is 3.65. The first-order valence-corrected chi connectivity index (χ1v) is 10.5. The van der Waals surface area contributed by atoms with Gasteiger partial charge in [0.05, 0.1) is 0 Å². The quantitative estimate of drug-likeness (QED) is 0.261. The molecule has 0 rings (SSSR count). The number of hydrogen-bond donors (Lipinski definition) is 0. The third-order valence-corrected chi connectivity index (χ3v) is 5.99. The molecule has 0 aliphatic rings. The zero-order chi connectivity index (χ0) is 18.4. The molecule has 0 aromatic heterocycles. The van der Waals surface area contributed by atoms with Crippen LogP contribution in [0.1, 0.15) is 101 Å². The van der Waals surface area contributed by atoms with E-state index < -0.39 is 0 Å². The molecule has 23 heavy (non-hydrogen) atoms. The summed E-state index contributed by atoms with van der Waals surface area (Å²) in [6.07, 6.45) is 12.4. The number of rotatable bonds is 10. The number of hydrogen-bond acceptors (Lipinski definition) is 0. The lowest BCUT2D eigenvalue weighted by atomic mass is 9.73. The van der Waals surface area contributed by atoms with Gasteiger partial charge in [-0.25, -0.2) is 0 Å². The summed E-state index contributed by atoms with van der Waals surface area (Å²) < 4.78 is 0. The van der Waals surface area contributed by atoms with Gasteiger partial charge in [0.1, 0.15) is 0 Å². The highest BCUT2D eigenvalue weighted by Crippen LogP contribution is 2.38. The van der Waals surface area contributed by atoms with Crippen LogP contribution in [0.2, 0.25) is 0 Å². The van der Waals surface area contributed by atoms with E-state index >= 15 is 0 Å². The van der Waals surface area contributed by atoms with E-state index in [1.807, 2.05) is 0 Å². The van der Waals surface area contributed by atoms with E-state index in [-0.39, 0.29) is 0 Å². The van der Waals surface area contributed by atoms with E-state index in [4.69, 9.17) is 0 Å². The van der Waals surface area contributed by atoms with Gasteiger partial charge in [-0.15, -0.1) is 0 Å². The molecule has 0 N–H and O–H groups in total. The number of alkyl halides is 1. The highest BCUT2D eigenvalue weighted by atomic mass is 79.9. The summed E-state index contributed by atoms with van der Waals surface area (Å²) in [6, 6.07) is 0. The predicted molar refractivity (Wildman–Crippen MR) is 111 cm³/mol. The first-order valence-electron chi connectivity index (χ1n) is 9.39. The van der Waals surface area contributed by atoms with Crippen molar-refractivity contribution in [1.82, 2.24) is 0 Å². The van der Waals surface area contributed by atoms with E-state index in [0.29, 0.717) is 21.7 Å². The van der Waals surface area contributed by atoms with Crippen molar-refractivity contribution >= 4 is 15.9 Å². The minimum Gasteiger partial charge on any atom is -0.0922 e. The molecule has 0 unspecified atom stereocenters. The largest absolute Gasteiger partial charge is 0.0922 e. The predicted octanol–water partition coefficient (Wildman–Crippen LogP) is 8.40. The molecule has 0 saturated heterocycles. The molecule has 0 aliphatic heterocycles. The first-order chi connectivity index (χ1) is 10.2. The Kier molecular flexibility index (Phi) is 9.15. The second kappa shape index (κ2) is 9.07. The third kappa shape index (κ3) is 13.2. The molecule has 0 bridgehead atoms. The van der Waals surface area contributed by atoms with Crippen LogP contribution in [0.25, 0.3) is 0 Å². The van der Waals surface area contributed by atoms with Gasteiger partial charge in [-0.05, 0) is 60.2 Å². The molecule has 1 heteroatoms. The van der Waals surface area contributed by atoms with Crippen LogP contribution in [0.15, 0.2) is 12.2 Å². The molecular formula is C22H43Br. The fourth-order valence-corrected chi connectivity index (χ4v) is 4.34. The molecular weight excluding hydrogens is 344 g/mol. The second-order valence-corrected chi connectivity index (χ2v) is 11.6. The Hall–Kier alpha value is 0.220. The standard InChI is InChI=1S/C22H43Br/c1-19(2,3)16-20(4,5)14-12-10-11-13-15-21(6,7)17-22(8,9)18-23/h10-11H,12-18H2,1-9H3/b11-10-. The normalized spacial score (nSPS) is 14.7. The average molecular weight is 387 g/mol. The monoisotopic (exact) mass is 386 g/mol. The second-order valence-electron chi connectivity index (χ2n) is 11.1. The lowest BCUT2D eigenvalue weighted by Gasteiger charge is -2.33. The molecule has 0 saturated carbocycles. The lowest BCUT2D eigenvalue weighted by Crippen LogP contribution is -2.24. The zero-order valence-corrected chi connectivity index (χ0v) is 19.1. The maximum absolute atomic E-state index is 3.65. The Morgan fingerprint density at radius 3 is 1.35 bits per heavy atom. The highest BCUT2D eigenvalue weighted by molar-refractivity contribution is 9.09. The molecule has 138 valence electrons. The fraction of sp³-hybridized carbons (Fsp3) is 0.909. The Balaban J connectivity index is 4.13. The van der Waals surface area contributed by atoms with Crippen LogP contribution in [0, 0.1) is 21.7 Å². The fourth-order valence-electron chi connectivity index (χ4n) is 4.14. The lowest BCUT2D eigenvalue weighted by molar-refractivity contribution is 0.200. The van der Waals surface area contributed by atoms with Gasteiger partial charge in [0.25, 0.3) is 0 Å². The van der Waals surface area contributed by atoms with Gasteiger partial charge < -0.3 is 0 Å². The zero-order valence-electron chi connectivity index (χ0n) is 17.5.